The molecule has 18 heavy (non-hydrogen) atoms. The first-order valence-corrected chi connectivity index (χ1v) is 5.75. The van der Waals surface area contributed by atoms with Gasteiger partial charge < -0.3 is 19.7 Å². The Morgan fingerprint density at radius 1 is 1.61 bits per heavy atom. The van der Waals surface area contributed by atoms with E-state index in [1.807, 2.05) is 19.2 Å². The second kappa shape index (κ2) is 6.89. The third kappa shape index (κ3) is 3.65. The van der Waals surface area contributed by atoms with Crippen LogP contribution in [0.3, 0.4) is 0 Å². The lowest BCUT2D eigenvalue weighted by Gasteiger charge is -1.95. The molecule has 2 aromatic heterocycles. The Hall–Kier alpha value is -1.71. The molecule has 0 unspecified atom stereocenters. The zero-order chi connectivity index (χ0) is 13.5. The molecule has 0 atom stereocenters. The normalized spacial score (nSPS) is 9.28. The third-order valence-corrected chi connectivity index (χ3v) is 2.67. The van der Waals surface area contributed by atoms with Crippen molar-refractivity contribution < 1.29 is 4.42 Å². The van der Waals surface area contributed by atoms with Crippen LogP contribution >= 0.6 is 24.4 Å². The standard InChI is InChI=1S/C7H7N3OS.C2H7N3S/c1-10-6(8-9-7(10)12)5-3-2-4-11-5;1-4-2(6)5-3/h2-4H,1H3,(H,9,12);3H2,1H3,(H2,4,5,6). The minimum absolute atomic E-state index is 0.454. The van der Waals surface area contributed by atoms with E-state index in [4.69, 9.17) is 22.5 Å². The van der Waals surface area contributed by atoms with E-state index in [0.717, 1.165) is 0 Å². The van der Waals surface area contributed by atoms with Gasteiger partial charge in [0.2, 0.25) is 0 Å². The number of hydrogen-bond acceptors (Lipinski definition) is 5. The van der Waals surface area contributed by atoms with Gasteiger partial charge in [-0.1, -0.05) is 0 Å². The zero-order valence-electron chi connectivity index (χ0n) is 9.93. The van der Waals surface area contributed by atoms with Crippen molar-refractivity contribution in [3.05, 3.63) is 23.2 Å². The minimum Gasteiger partial charge on any atom is -0.461 e. The molecule has 0 aliphatic carbocycles. The lowest BCUT2D eigenvalue weighted by atomic mass is 10.4. The van der Waals surface area contributed by atoms with E-state index in [1.165, 1.54) is 0 Å². The molecule has 2 heterocycles. The first kappa shape index (κ1) is 14.4. The van der Waals surface area contributed by atoms with Gasteiger partial charge in [0.15, 0.2) is 21.5 Å². The van der Waals surface area contributed by atoms with Crippen LogP contribution in [0.5, 0.6) is 0 Å². The molecule has 7 nitrogen and oxygen atoms in total. The van der Waals surface area contributed by atoms with Crippen LogP contribution in [0.25, 0.3) is 11.6 Å². The maximum absolute atomic E-state index is 5.16. The summed E-state index contributed by atoms with van der Waals surface area (Å²) in [4.78, 5) is 0. The number of hydrogen-bond donors (Lipinski definition) is 4. The predicted octanol–water partition coefficient (Wildman–Crippen LogP) is 0.692. The summed E-state index contributed by atoms with van der Waals surface area (Å²) >= 11 is 9.46. The first-order valence-electron chi connectivity index (χ1n) is 4.93. The van der Waals surface area contributed by atoms with Crippen LogP contribution in [0.1, 0.15) is 0 Å². The molecule has 0 saturated heterocycles. The van der Waals surface area contributed by atoms with Gasteiger partial charge in [-0.3, -0.25) is 5.10 Å². The average Bonchev–Trinajstić information content (AvgIpc) is 3.01. The highest BCUT2D eigenvalue weighted by molar-refractivity contribution is 7.80. The Kier molecular flexibility index (Phi) is 5.49. The summed E-state index contributed by atoms with van der Waals surface area (Å²) in [5.41, 5.74) is 2.23. The van der Waals surface area contributed by atoms with Crippen molar-refractivity contribution in [1.29, 1.82) is 0 Å². The van der Waals surface area contributed by atoms with Crippen molar-refractivity contribution in [3.8, 4) is 11.6 Å². The average molecular weight is 286 g/mol. The Morgan fingerprint density at radius 3 is 2.67 bits per heavy atom. The Morgan fingerprint density at radius 2 is 2.33 bits per heavy atom. The number of nitrogens with zero attached hydrogens (tertiary/aromatic N) is 2. The van der Waals surface area contributed by atoms with Crippen LogP contribution in [0.4, 0.5) is 0 Å². The monoisotopic (exact) mass is 286 g/mol. The highest BCUT2D eigenvalue weighted by Gasteiger charge is 2.06. The summed E-state index contributed by atoms with van der Waals surface area (Å²) in [5.74, 6) is 6.25. The molecule has 2 aromatic rings. The fourth-order valence-corrected chi connectivity index (χ4v) is 1.18. The summed E-state index contributed by atoms with van der Waals surface area (Å²) in [6.07, 6.45) is 1.60. The maximum atomic E-state index is 5.16. The Labute approximate surface area is 114 Å². The van der Waals surface area contributed by atoms with E-state index in [0.29, 0.717) is 21.5 Å². The second-order valence-electron chi connectivity index (χ2n) is 3.11. The maximum Gasteiger partial charge on any atom is 0.198 e. The van der Waals surface area contributed by atoms with E-state index < -0.39 is 0 Å². The van der Waals surface area contributed by atoms with Crippen LogP contribution in [0, 0.1) is 4.77 Å². The summed E-state index contributed by atoms with van der Waals surface area (Å²) in [7, 11) is 3.53. The summed E-state index contributed by atoms with van der Waals surface area (Å²) in [6, 6.07) is 3.65. The van der Waals surface area contributed by atoms with E-state index >= 15 is 0 Å². The smallest absolute Gasteiger partial charge is 0.198 e. The van der Waals surface area contributed by atoms with Crippen LogP contribution in [-0.2, 0) is 7.05 Å². The van der Waals surface area contributed by atoms with E-state index in [1.54, 1.807) is 17.9 Å². The molecule has 0 amide bonds. The minimum atomic E-state index is 0.454. The van der Waals surface area contributed by atoms with E-state index in [9.17, 15) is 0 Å². The van der Waals surface area contributed by atoms with Gasteiger partial charge in [0.25, 0.3) is 0 Å². The lowest BCUT2D eigenvalue weighted by Crippen LogP contribution is -2.37. The fourth-order valence-electron chi connectivity index (χ4n) is 1.05. The second-order valence-corrected chi connectivity index (χ2v) is 3.91. The molecule has 0 aliphatic heterocycles. The van der Waals surface area contributed by atoms with Gasteiger partial charge >= 0.3 is 0 Å². The van der Waals surface area contributed by atoms with Gasteiger partial charge in [0.1, 0.15) is 0 Å². The third-order valence-electron chi connectivity index (χ3n) is 1.98. The molecule has 0 fully saturated rings. The number of thiocarbonyl (C=S) groups is 1. The van der Waals surface area contributed by atoms with Crippen molar-refractivity contribution in [1.82, 2.24) is 25.5 Å². The number of aromatic amines is 1. The SMILES string of the molecule is CNC(=S)NN.Cn1c(-c2ccco2)n[nH]c1=S. The van der Waals surface area contributed by atoms with Crippen LogP contribution in [-0.4, -0.2) is 26.9 Å². The number of aromatic nitrogens is 3. The van der Waals surface area contributed by atoms with Crippen LogP contribution in [0.2, 0.25) is 0 Å². The summed E-state index contributed by atoms with van der Waals surface area (Å²) < 4.78 is 7.51. The van der Waals surface area contributed by atoms with Crippen molar-refractivity contribution >= 4 is 29.5 Å². The zero-order valence-corrected chi connectivity index (χ0v) is 11.6. The molecule has 0 aliphatic rings. The van der Waals surface area contributed by atoms with Crippen molar-refractivity contribution in [2.24, 2.45) is 12.9 Å². The van der Waals surface area contributed by atoms with E-state index in [-0.39, 0.29) is 0 Å². The number of nitrogens with two attached hydrogens (primary N) is 1. The molecule has 0 aromatic carbocycles. The summed E-state index contributed by atoms with van der Waals surface area (Å²) in [5, 5.41) is 9.75. The molecule has 9 heteroatoms. The predicted molar refractivity (Wildman–Crippen MR) is 75.1 cm³/mol. The molecule has 2 rings (SSSR count). The van der Waals surface area contributed by atoms with Gasteiger partial charge in [0.05, 0.1) is 6.26 Å². The van der Waals surface area contributed by atoms with Crippen molar-refractivity contribution in [2.45, 2.75) is 0 Å². The van der Waals surface area contributed by atoms with Gasteiger partial charge in [-0.05, 0) is 36.6 Å². The molecule has 0 bridgehead atoms. The number of furan rings is 1. The molecule has 0 spiro atoms. The van der Waals surface area contributed by atoms with Crippen molar-refractivity contribution in [3.63, 3.8) is 0 Å². The van der Waals surface area contributed by atoms with Crippen LogP contribution in [0.15, 0.2) is 22.8 Å². The first-order chi connectivity index (χ1) is 8.60. The van der Waals surface area contributed by atoms with Crippen molar-refractivity contribution in [2.75, 3.05) is 7.05 Å². The molecule has 0 saturated carbocycles. The highest BCUT2D eigenvalue weighted by atomic mass is 32.1. The largest absolute Gasteiger partial charge is 0.461 e. The molecular formula is C9H14N6OS2. The molecule has 5 N–H and O–H groups in total. The van der Waals surface area contributed by atoms with Gasteiger partial charge in [-0.25, -0.2) is 5.84 Å². The number of rotatable bonds is 1. The fraction of sp³-hybridized carbons (Fsp3) is 0.222. The number of H-pyrrole nitrogens is 1. The van der Waals surface area contributed by atoms with Gasteiger partial charge in [-0.2, -0.15) is 5.10 Å². The van der Waals surface area contributed by atoms with Gasteiger partial charge in [-0.15, -0.1) is 0 Å². The lowest BCUT2D eigenvalue weighted by molar-refractivity contribution is 0.573. The summed E-state index contributed by atoms with van der Waals surface area (Å²) in [6.45, 7) is 0. The molecule has 0 radical (unpaired) electrons. The van der Waals surface area contributed by atoms with Gasteiger partial charge in [0, 0.05) is 14.1 Å². The Balaban J connectivity index is 0.000000232. The van der Waals surface area contributed by atoms with E-state index in [2.05, 4.69) is 33.2 Å². The highest BCUT2D eigenvalue weighted by Crippen LogP contribution is 2.15. The quantitative estimate of drug-likeness (QED) is 0.348. The topological polar surface area (TPSA) is 96.8 Å². The molecular weight excluding hydrogens is 272 g/mol. The number of hydrazine groups is 1. The van der Waals surface area contributed by atoms with Crippen LogP contribution < -0.4 is 16.6 Å². The molecule has 98 valence electrons. The number of nitrogens with one attached hydrogen (secondary N) is 3. The Bertz CT molecular complexity index is 538.